The largest absolute Gasteiger partial charge is 0.492 e. The Labute approximate surface area is 156 Å². The van der Waals surface area contributed by atoms with Crippen molar-refractivity contribution in [2.45, 2.75) is 12.0 Å². The molecule has 5 N–H and O–H groups in total. The highest BCUT2D eigenvalue weighted by Gasteiger charge is 2.46. The van der Waals surface area contributed by atoms with Gasteiger partial charge in [-0.1, -0.05) is 48.5 Å². The van der Waals surface area contributed by atoms with E-state index in [0.29, 0.717) is 11.3 Å². The number of carbonyl (C=O) groups is 3. The highest BCUT2D eigenvalue weighted by atomic mass is 16.5. The lowest BCUT2D eigenvalue weighted by Crippen LogP contribution is -2.67. The number of primary amides is 1. The SMILES string of the molecule is NC(=O)C(Cc1ccccc1)(NC(=O)O)C(=O)NCCOc1ccccc1. The van der Waals surface area contributed by atoms with Crippen LogP contribution in [0.5, 0.6) is 5.75 Å². The number of rotatable bonds is 9. The van der Waals surface area contributed by atoms with E-state index in [-0.39, 0.29) is 19.6 Å². The molecule has 0 saturated carbocycles. The van der Waals surface area contributed by atoms with Gasteiger partial charge in [0.15, 0.2) is 0 Å². The summed E-state index contributed by atoms with van der Waals surface area (Å²) >= 11 is 0. The minimum atomic E-state index is -2.13. The average Bonchev–Trinajstić information content (AvgIpc) is 2.65. The molecule has 1 unspecified atom stereocenters. The average molecular weight is 371 g/mol. The molecule has 2 aromatic carbocycles. The van der Waals surface area contributed by atoms with Crippen molar-refractivity contribution < 1.29 is 24.2 Å². The first-order valence-electron chi connectivity index (χ1n) is 8.25. The van der Waals surface area contributed by atoms with E-state index in [1.807, 2.05) is 23.5 Å². The van der Waals surface area contributed by atoms with Crippen molar-refractivity contribution in [2.75, 3.05) is 13.2 Å². The fourth-order valence-electron chi connectivity index (χ4n) is 2.53. The van der Waals surface area contributed by atoms with Gasteiger partial charge in [0.25, 0.3) is 11.8 Å². The second-order valence-electron chi connectivity index (χ2n) is 5.78. The first kappa shape index (κ1) is 19.8. The normalized spacial score (nSPS) is 12.4. The van der Waals surface area contributed by atoms with Crippen molar-refractivity contribution in [2.24, 2.45) is 5.73 Å². The van der Waals surface area contributed by atoms with Crippen LogP contribution in [-0.2, 0) is 16.0 Å². The molecule has 142 valence electrons. The van der Waals surface area contributed by atoms with Gasteiger partial charge in [0.1, 0.15) is 12.4 Å². The number of nitrogens with two attached hydrogens (primary N) is 1. The molecule has 8 nitrogen and oxygen atoms in total. The molecule has 3 amide bonds. The van der Waals surface area contributed by atoms with E-state index in [1.54, 1.807) is 42.5 Å². The first-order chi connectivity index (χ1) is 12.9. The van der Waals surface area contributed by atoms with Crippen molar-refractivity contribution in [3.05, 3.63) is 66.2 Å². The van der Waals surface area contributed by atoms with Crippen molar-refractivity contribution >= 4 is 17.9 Å². The maximum atomic E-state index is 12.7. The highest BCUT2D eigenvalue weighted by molar-refractivity contribution is 6.11. The molecule has 0 aliphatic carbocycles. The van der Waals surface area contributed by atoms with Crippen LogP contribution in [-0.4, -0.2) is 41.7 Å². The zero-order valence-electron chi connectivity index (χ0n) is 14.6. The summed E-state index contributed by atoms with van der Waals surface area (Å²) in [6.07, 6.45) is -1.73. The molecule has 8 heteroatoms. The highest BCUT2D eigenvalue weighted by Crippen LogP contribution is 2.15. The van der Waals surface area contributed by atoms with Gasteiger partial charge >= 0.3 is 6.09 Å². The zero-order chi connectivity index (χ0) is 19.7. The van der Waals surface area contributed by atoms with E-state index in [4.69, 9.17) is 15.6 Å². The maximum absolute atomic E-state index is 12.7. The number of hydrogen-bond acceptors (Lipinski definition) is 4. The predicted octanol–water partition coefficient (Wildman–Crippen LogP) is 0.916. The lowest BCUT2D eigenvalue weighted by atomic mass is 9.89. The number of carboxylic acid groups (broad SMARTS) is 1. The monoisotopic (exact) mass is 371 g/mol. The number of nitrogens with one attached hydrogen (secondary N) is 2. The molecule has 0 aliphatic heterocycles. The third kappa shape index (κ3) is 5.46. The molecule has 0 radical (unpaired) electrons. The lowest BCUT2D eigenvalue weighted by Gasteiger charge is -2.29. The number of benzene rings is 2. The molecule has 2 rings (SSSR count). The van der Waals surface area contributed by atoms with E-state index in [0.717, 1.165) is 0 Å². The molecule has 2 aromatic rings. The van der Waals surface area contributed by atoms with Gasteiger partial charge in [0.05, 0.1) is 6.54 Å². The molecule has 0 heterocycles. The zero-order valence-corrected chi connectivity index (χ0v) is 14.6. The predicted molar refractivity (Wildman–Crippen MR) is 98.2 cm³/mol. The van der Waals surface area contributed by atoms with E-state index < -0.39 is 23.4 Å². The van der Waals surface area contributed by atoms with Crippen LogP contribution in [0.15, 0.2) is 60.7 Å². The molecule has 0 spiro atoms. The smallest absolute Gasteiger partial charge is 0.405 e. The number of amides is 3. The van der Waals surface area contributed by atoms with Crippen molar-refractivity contribution in [3.8, 4) is 5.75 Å². The minimum absolute atomic E-state index is 0.0683. The fourth-order valence-corrected chi connectivity index (χ4v) is 2.53. The molecule has 0 bridgehead atoms. The second kappa shape index (κ2) is 9.23. The lowest BCUT2D eigenvalue weighted by molar-refractivity contribution is -0.137. The summed E-state index contributed by atoms with van der Waals surface area (Å²) < 4.78 is 5.46. The minimum Gasteiger partial charge on any atom is -0.492 e. The summed E-state index contributed by atoms with van der Waals surface area (Å²) in [6, 6.07) is 17.5. The molecule has 0 aliphatic rings. The summed E-state index contributed by atoms with van der Waals surface area (Å²) in [6.45, 7) is 0.210. The van der Waals surface area contributed by atoms with Gasteiger partial charge in [-0.15, -0.1) is 0 Å². The fraction of sp³-hybridized carbons (Fsp3) is 0.211. The van der Waals surface area contributed by atoms with E-state index >= 15 is 0 Å². The molecule has 27 heavy (non-hydrogen) atoms. The Morgan fingerprint density at radius 1 is 1.00 bits per heavy atom. The summed E-state index contributed by atoms with van der Waals surface area (Å²) in [4.78, 5) is 35.9. The van der Waals surface area contributed by atoms with E-state index in [9.17, 15) is 14.4 Å². The number of ether oxygens (including phenoxy) is 1. The summed E-state index contributed by atoms with van der Waals surface area (Å²) in [7, 11) is 0. The van der Waals surface area contributed by atoms with Crippen LogP contribution in [0, 0.1) is 0 Å². The molecular weight excluding hydrogens is 350 g/mol. The van der Waals surface area contributed by atoms with Crippen LogP contribution in [0.3, 0.4) is 0 Å². The van der Waals surface area contributed by atoms with Crippen LogP contribution in [0.2, 0.25) is 0 Å². The summed E-state index contributed by atoms with van der Waals surface area (Å²) in [5.41, 5.74) is 3.87. The summed E-state index contributed by atoms with van der Waals surface area (Å²) in [5.74, 6) is -1.30. The Bertz CT molecular complexity index is 782. The maximum Gasteiger partial charge on any atom is 0.405 e. The first-order valence-corrected chi connectivity index (χ1v) is 8.25. The Kier molecular flexibility index (Phi) is 6.76. The van der Waals surface area contributed by atoms with Crippen molar-refractivity contribution in [3.63, 3.8) is 0 Å². The van der Waals surface area contributed by atoms with Gasteiger partial charge in [0, 0.05) is 6.42 Å². The molecular formula is C19H21N3O5. The Morgan fingerprint density at radius 3 is 2.15 bits per heavy atom. The van der Waals surface area contributed by atoms with Crippen LogP contribution in [0.1, 0.15) is 5.56 Å². The topological polar surface area (TPSA) is 131 Å². The van der Waals surface area contributed by atoms with Crippen LogP contribution < -0.4 is 21.1 Å². The van der Waals surface area contributed by atoms with Crippen molar-refractivity contribution in [1.82, 2.24) is 10.6 Å². The van der Waals surface area contributed by atoms with Gasteiger partial charge in [-0.25, -0.2) is 4.79 Å². The van der Waals surface area contributed by atoms with Crippen LogP contribution in [0.4, 0.5) is 4.79 Å². The van der Waals surface area contributed by atoms with E-state index in [1.165, 1.54) is 0 Å². The quantitative estimate of drug-likeness (QED) is 0.384. The summed E-state index contributed by atoms with van der Waals surface area (Å²) in [5, 5.41) is 13.6. The van der Waals surface area contributed by atoms with Crippen molar-refractivity contribution in [1.29, 1.82) is 0 Å². The number of para-hydroxylation sites is 1. The van der Waals surface area contributed by atoms with E-state index in [2.05, 4.69) is 5.32 Å². The van der Waals surface area contributed by atoms with Crippen LogP contribution >= 0.6 is 0 Å². The number of carbonyl (C=O) groups excluding carboxylic acids is 2. The third-order valence-electron chi connectivity index (χ3n) is 3.84. The van der Waals surface area contributed by atoms with Crippen LogP contribution in [0.25, 0.3) is 0 Å². The molecule has 1 atom stereocenters. The van der Waals surface area contributed by atoms with Gasteiger partial charge in [-0.05, 0) is 17.7 Å². The molecule has 0 saturated heterocycles. The Hall–Kier alpha value is -3.55. The van der Waals surface area contributed by atoms with Gasteiger partial charge < -0.3 is 20.9 Å². The standard InChI is InChI=1S/C19H21N3O5/c20-16(23)19(22-18(25)26,13-14-7-3-1-4-8-14)17(24)21-11-12-27-15-9-5-2-6-10-15/h1-10,22H,11-13H2,(H2,20,23)(H,21,24)(H,25,26). The Balaban J connectivity index is 2.07. The van der Waals surface area contributed by atoms with Gasteiger partial charge in [-0.3, -0.25) is 14.9 Å². The van der Waals surface area contributed by atoms with Gasteiger partial charge in [-0.2, -0.15) is 0 Å². The Morgan fingerprint density at radius 2 is 1.59 bits per heavy atom. The number of hydrogen-bond donors (Lipinski definition) is 4. The molecule has 0 fully saturated rings. The second-order valence-corrected chi connectivity index (χ2v) is 5.78. The third-order valence-corrected chi connectivity index (χ3v) is 3.84. The molecule has 0 aromatic heterocycles. The van der Waals surface area contributed by atoms with Gasteiger partial charge in [0.2, 0.25) is 5.54 Å².